The second kappa shape index (κ2) is 7.36. The van der Waals surface area contributed by atoms with Crippen LogP contribution in [0.25, 0.3) is 5.69 Å². The highest BCUT2D eigenvalue weighted by Gasteiger charge is 2.17. The molecule has 1 unspecified atom stereocenters. The van der Waals surface area contributed by atoms with E-state index in [0.717, 1.165) is 12.8 Å². The molecule has 2 aromatic rings. The third kappa shape index (κ3) is 3.70. The largest absolute Gasteiger partial charge is 1.00 e. The molecular formula is C15H21Br2N3. The number of aryl methyl sites for hydroxylation is 3. The van der Waals surface area contributed by atoms with E-state index in [-0.39, 0.29) is 21.9 Å². The van der Waals surface area contributed by atoms with Crippen molar-refractivity contribution in [1.82, 2.24) is 9.67 Å². The van der Waals surface area contributed by atoms with Crippen LogP contribution in [0.4, 0.5) is 0 Å². The maximum absolute atomic E-state index is 4.45. The van der Waals surface area contributed by atoms with Gasteiger partial charge in [0.25, 0.3) is 6.33 Å². The summed E-state index contributed by atoms with van der Waals surface area (Å²) in [5, 5.41) is 4.45. The van der Waals surface area contributed by atoms with Crippen LogP contribution in [-0.4, -0.2) is 9.67 Å². The SMILES string of the molecule is CCCC(Br)[n+]1cn(-c2c(C)cc(C)cc2C)cn1.[Br-]. The third-order valence-corrected chi connectivity index (χ3v) is 4.14. The summed E-state index contributed by atoms with van der Waals surface area (Å²) in [7, 11) is 0. The molecule has 0 radical (unpaired) electrons. The summed E-state index contributed by atoms with van der Waals surface area (Å²) in [5.41, 5.74) is 5.09. The molecule has 1 aromatic heterocycles. The second-order valence-electron chi connectivity index (χ2n) is 5.10. The van der Waals surface area contributed by atoms with Crippen molar-refractivity contribution >= 4 is 15.9 Å². The van der Waals surface area contributed by atoms with E-state index in [1.807, 2.05) is 11.0 Å². The molecular weight excluding hydrogens is 382 g/mol. The lowest BCUT2D eigenvalue weighted by Gasteiger charge is -2.06. The number of halogens is 2. The van der Waals surface area contributed by atoms with Crippen LogP contribution < -0.4 is 21.7 Å². The summed E-state index contributed by atoms with van der Waals surface area (Å²) in [5.74, 6) is 0. The molecule has 2 rings (SSSR count). The number of rotatable bonds is 4. The molecule has 20 heavy (non-hydrogen) atoms. The number of alkyl halides is 1. The van der Waals surface area contributed by atoms with E-state index in [2.05, 4.69) is 71.8 Å². The Morgan fingerprint density at radius 1 is 1.25 bits per heavy atom. The molecule has 5 heteroatoms. The fourth-order valence-corrected chi connectivity index (χ4v) is 3.18. The Kier molecular flexibility index (Phi) is 6.40. The van der Waals surface area contributed by atoms with Crippen molar-refractivity contribution in [2.24, 2.45) is 0 Å². The molecule has 0 fully saturated rings. The molecule has 0 aliphatic rings. The molecule has 0 amide bonds. The molecule has 0 spiro atoms. The van der Waals surface area contributed by atoms with E-state index in [1.54, 1.807) is 0 Å². The van der Waals surface area contributed by atoms with E-state index in [0.29, 0.717) is 0 Å². The molecule has 0 aliphatic carbocycles. The van der Waals surface area contributed by atoms with Crippen LogP contribution in [-0.2, 0) is 0 Å². The zero-order valence-corrected chi connectivity index (χ0v) is 15.6. The average Bonchev–Trinajstić information content (AvgIpc) is 2.77. The molecule has 0 saturated heterocycles. The summed E-state index contributed by atoms with van der Waals surface area (Å²) in [4.78, 5) is 0.268. The number of benzene rings is 1. The van der Waals surface area contributed by atoms with E-state index in [4.69, 9.17) is 0 Å². The van der Waals surface area contributed by atoms with Crippen LogP contribution in [0.3, 0.4) is 0 Å². The highest BCUT2D eigenvalue weighted by atomic mass is 79.9. The monoisotopic (exact) mass is 401 g/mol. The van der Waals surface area contributed by atoms with Crippen molar-refractivity contribution in [1.29, 1.82) is 0 Å². The summed E-state index contributed by atoms with van der Waals surface area (Å²) in [6, 6.07) is 4.43. The first kappa shape index (κ1) is 17.4. The quantitative estimate of drug-likeness (QED) is 0.547. The zero-order chi connectivity index (χ0) is 14.0. The maximum atomic E-state index is 4.45. The summed E-state index contributed by atoms with van der Waals surface area (Å²) >= 11 is 3.67. The molecule has 110 valence electrons. The van der Waals surface area contributed by atoms with Crippen molar-refractivity contribution in [2.45, 2.75) is 45.5 Å². The Hall–Kier alpha value is -0.680. The van der Waals surface area contributed by atoms with Crippen LogP contribution >= 0.6 is 15.9 Å². The molecule has 0 aliphatic heterocycles. The van der Waals surface area contributed by atoms with Gasteiger partial charge in [-0.1, -0.05) is 31.0 Å². The van der Waals surface area contributed by atoms with Crippen molar-refractivity contribution in [3.05, 3.63) is 41.5 Å². The van der Waals surface area contributed by atoms with Crippen molar-refractivity contribution in [3.8, 4) is 5.69 Å². The van der Waals surface area contributed by atoms with Crippen molar-refractivity contribution < 1.29 is 21.7 Å². The predicted octanol–water partition coefficient (Wildman–Crippen LogP) is 0.783. The second-order valence-corrected chi connectivity index (χ2v) is 6.16. The highest BCUT2D eigenvalue weighted by molar-refractivity contribution is 9.09. The lowest BCUT2D eigenvalue weighted by Crippen LogP contribution is -3.00. The lowest BCUT2D eigenvalue weighted by atomic mass is 10.1. The molecule has 0 saturated carbocycles. The van der Waals surface area contributed by atoms with Crippen molar-refractivity contribution in [3.63, 3.8) is 0 Å². The number of hydrogen-bond acceptors (Lipinski definition) is 1. The number of hydrogen-bond donors (Lipinski definition) is 0. The fraction of sp³-hybridized carbons (Fsp3) is 0.467. The van der Waals surface area contributed by atoms with Gasteiger partial charge in [-0.25, -0.2) is 0 Å². The van der Waals surface area contributed by atoms with Gasteiger partial charge >= 0.3 is 0 Å². The molecule has 3 nitrogen and oxygen atoms in total. The topological polar surface area (TPSA) is 21.7 Å². The van der Waals surface area contributed by atoms with Crippen LogP contribution in [0, 0.1) is 20.8 Å². The first-order chi connectivity index (χ1) is 9.02. The maximum Gasteiger partial charge on any atom is 0.272 e. The minimum Gasteiger partial charge on any atom is -1.00 e. The van der Waals surface area contributed by atoms with Gasteiger partial charge in [0.15, 0.2) is 4.95 Å². The van der Waals surface area contributed by atoms with Crippen LogP contribution in [0.2, 0.25) is 0 Å². The van der Waals surface area contributed by atoms with E-state index in [1.165, 1.54) is 22.4 Å². The Morgan fingerprint density at radius 2 is 1.85 bits per heavy atom. The van der Waals surface area contributed by atoms with Gasteiger partial charge in [0.1, 0.15) is 5.69 Å². The van der Waals surface area contributed by atoms with Crippen molar-refractivity contribution in [2.75, 3.05) is 0 Å². The number of nitrogens with zero attached hydrogens (tertiary/aromatic N) is 3. The molecule has 1 heterocycles. The summed E-state index contributed by atoms with van der Waals surface area (Å²) in [6.07, 6.45) is 6.15. The normalized spacial score (nSPS) is 12.1. The Bertz CT molecular complexity index is 555. The lowest BCUT2D eigenvalue weighted by molar-refractivity contribution is -0.752. The predicted molar refractivity (Wildman–Crippen MR) is 80.8 cm³/mol. The molecule has 0 N–H and O–H groups in total. The van der Waals surface area contributed by atoms with Crippen LogP contribution in [0.5, 0.6) is 0 Å². The van der Waals surface area contributed by atoms with Gasteiger partial charge in [0, 0.05) is 6.42 Å². The Balaban J connectivity index is 0.00000200. The molecule has 1 aromatic carbocycles. The standard InChI is InChI=1S/C15H21BrN3.BrH/c1-5-6-14(16)19-10-18(9-17-19)15-12(3)7-11(2)8-13(15)4;/h7-10,14H,5-6H2,1-4H3;1H/q+1;/p-1. The summed E-state index contributed by atoms with van der Waals surface area (Å²) < 4.78 is 4.08. The fourth-order valence-electron chi connectivity index (χ4n) is 2.51. The molecule has 0 bridgehead atoms. The molecule has 1 atom stereocenters. The summed E-state index contributed by atoms with van der Waals surface area (Å²) in [6.45, 7) is 8.61. The highest BCUT2D eigenvalue weighted by Crippen LogP contribution is 2.20. The van der Waals surface area contributed by atoms with Crippen LogP contribution in [0.1, 0.15) is 41.4 Å². The Labute approximate surface area is 139 Å². The van der Waals surface area contributed by atoms with Gasteiger partial charge < -0.3 is 17.0 Å². The smallest absolute Gasteiger partial charge is 0.272 e. The third-order valence-electron chi connectivity index (χ3n) is 3.26. The van der Waals surface area contributed by atoms with Gasteiger partial charge in [0.2, 0.25) is 6.33 Å². The minimum absolute atomic E-state index is 0. The van der Waals surface area contributed by atoms with Gasteiger partial charge in [-0.3, -0.25) is 0 Å². The first-order valence-corrected chi connectivity index (χ1v) is 7.62. The van der Waals surface area contributed by atoms with E-state index in [9.17, 15) is 0 Å². The minimum atomic E-state index is 0. The number of aromatic nitrogens is 3. The van der Waals surface area contributed by atoms with Gasteiger partial charge in [-0.05, 0) is 52.9 Å². The zero-order valence-electron chi connectivity index (χ0n) is 12.4. The van der Waals surface area contributed by atoms with E-state index < -0.39 is 0 Å². The average molecular weight is 403 g/mol. The van der Waals surface area contributed by atoms with Gasteiger partial charge in [-0.15, -0.1) is 4.68 Å². The van der Waals surface area contributed by atoms with Gasteiger partial charge in [0.05, 0.1) is 0 Å². The first-order valence-electron chi connectivity index (χ1n) is 6.70. The Morgan fingerprint density at radius 3 is 2.40 bits per heavy atom. The van der Waals surface area contributed by atoms with Gasteiger partial charge in [-0.2, -0.15) is 4.57 Å². The van der Waals surface area contributed by atoms with Crippen LogP contribution in [0.15, 0.2) is 24.8 Å². The van der Waals surface area contributed by atoms with E-state index >= 15 is 0 Å².